The Morgan fingerprint density at radius 3 is 2.62 bits per heavy atom. The summed E-state index contributed by atoms with van der Waals surface area (Å²) in [5.41, 5.74) is 2.23. The van der Waals surface area contributed by atoms with Gasteiger partial charge in [-0.05, 0) is 56.7 Å². The summed E-state index contributed by atoms with van der Waals surface area (Å²) >= 11 is 0. The number of hydrogen-bond acceptors (Lipinski definition) is 6. The fourth-order valence-corrected chi connectivity index (χ4v) is 3.96. The van der Waals surface area contributed by atoms with Crippen LogP contribution in [0.5, 0.6) is 0 Å². The summed E-state index contributed by atoms with van der Waals surface area (Å²) in [6.07, 6.45) is 2.35. The van der Waals surface area contributed by atoms with Gasteiger partial charge >= 0.3 is 6.09 Å². The van der Waals surface area contributed by atoms with E-state index in [0.717, 1.165) is 11.8 Å². The van der Waals surface area contributed by atoms with Crippen molar-refractivity contribution in [2.45, 2.75) is 32.8 Å². The number of aromatic nitrogens is 2. The average molecular weight is 459 g/mol. The van der Waals surface area contributed by atoms with Gasteiger partial charge in [-0.15, -0.1) is 0 Å². The lowest BCUT2D eigenvalue weighted by molar-refractivity contribution is 0.0544. The summed E-state index contributed by atoms with van der Waals surface area (Å²) in [5.74, 6) is -0.183. The molecule has 0 N–H and O–H groups in total. The maximum atomic E-state index is 14.0. The minimum absolute atomic E-state index is 0.0539. The lowest BCUT2D eigenvalue weighted by atomic mass is 10.0. The second-order valence-electron chi connectivity index (χ2n) is 8.72. The average Bonchev–Trinajstić information content (AvgIpc) is 3.24. The Kier molecular flexibility index (Phi) is 5.32. The number of oxazole rings is 1. The maximum absolute atomic E-state index is 14.0. The molecule has 2 aromatic heterocycles. The fourth-order valence-electron chi connectivity index (χ4n) is 3.41. The lowest BCUT2D eigenvalue weighted by Gasteiger charge is -2.19. The second-order valence-corrected chi connectivity index (χ2v) is 11.0. The molecule has 9 heteroatoms. The van der Waals surface area contributed by atoms with Gasteiger partial charge in [0.25, 0.3) is 0 Å². The number of ether oxygens (including phenoxy) is 1. The molecule has 0 spiro atoms. The number of carbonyl (C=O) groups excluding carboxylic acids is 1. The molecule has 2 heterocycles. The summed E-state index contributed by atoms with van der Waals surface area (Å²) in [6, 6.07) is 9.59. The first-order valence-corrected chi connectivity index (χ1v) is 12.1. The van der Waals surface area contributed by atoms with Crippen LogP contribution in [0.2, 0.25) is 0 Å². The van der Waals surface area contributed by atoms with E-state index < -0.39 is 27.3 Å². The summed E-state index contributed by atoms with van der Waals surface area (Å²) in [4.78, 5) is 17.1. The zero-order chi connectivity index (χ0) is 23.3. The van der Waals surface area contributed by atoms with Crippen LogP contribution in [0.1, 0.15) is 26.7 Å². The van der Waals surface area contributed by atoms with Crippen molar-refractivity contribution >= 4 is 37.9 Å². The molecule has 0 fully saturated rings. The molecule has 4 rings (SSSR count). The second kappa shape index (κ2) is 7.74. The van der Waals surface area contributed by atoms with E-state index in [4.69, 9.17) is 9.15 Å². The normalized spacial score (nSPS) is 12.5. The predicted molar refractivity (Wildman–Crippen MR) is 120 cm³/mol. The van der Waals surface area contributed by atoms with Crippen LogP contribution in [0.15, 0.2) is 47.0 Å². The first-order chi connectivity index (χ1) is 14.9. The summed E-state index contributed by atoms with van der Waals surface area (Å²) in [6.45, 7) is 5.29. The standard InChI is InChI=1S/C23H23FN2O5S/c1-23(2,3)31-22(27)26-13-17(16-7-6-15(24)12-19(16)26)14-5-8-20-18(11-14)25-21(30-20)9-10-32(4,28)29/h5-8,11-13H,9-10H2,1-4H3. The SMILES string of the molecule is CC(C)(C)OC(=O)n1cc(-c2ccc3oc(CCS(C)(=O)=O)nc3c2)c2ccc(F)cc21. The molecule has 0 saturated heterocycles. The van der Waals surface area contributed by atoms with Crippen LogP contribution < -0.4 is 0 Å². The molecule has 2 aromatic carbocycles. The molecule has 0 atom stereocenters. The van der Waals surface area contributed by atoms with E-state index in [-0.39, 0.29) is 12.2 Å². The highest BCUT2D eigenvalue weighted by Gasteiger charge is 2.22. The van der Waals surface area contributed by atoms with Gasteiger partial charge in [0.15, 0.2) is 11.5 Å². The molecule has 0 aliphatic carbocycles. The molecule has 0 amide bonds. The quantitative estimate of drug-likeness (QED) is 0.429. The van der Waals surface area contributed by atoms with E-state index in [9.17, 15) is 17.6 Å². The predicted octanol–water partition coefficient (Wildman–Crippen LogP) is 4.96. The van der Waals surface area contributed by atoms with Gasteiger partial charge in [-0.1, -0.05) is 6.07 Å². The van der Waals surface area contributed by atoms with Crippen molar-refractivity contribution in [3.05, 3.63) is 54.3 Å². The number of sulfone groups is 1. The molecule has 0 aliphatic heterocycles. The third-order valence-electron chi connectivity index (χ3n) is 4.79. The van der Waals surface area contributed by atoms with E-state index in [2.05, 4.69) is 4.98 Å². The molecular formula is C23H23FN2O5S. The Bertz CT molecular complexity index is 1440. The van der Waals surface area contributed by atoms with Gasteiger partial charge in [-0.25, -0.2) is 22.6 Å². The third kappa shape index (κ3) is 4.67. The first kappa shape index (κ1) is 22.0. The van der Waals surface area contributed by atoms with Crippen LogP contribution >= 0.6 is 0 Å². The molecule has 168 valence electrons. The molecule has 0 bridgehead atoms. The molecule has 0 radical (unpaired) electrons. The minimum atomic E-state index is -3.13. The number of aryl methyl sites for hydroxylation is 1. The van der Waals surface area contributed by atoms with Crippen LogP contribution in [0.4, 0.5) is 9.18 Å². The molecule has 0 saturated carbocycles. The van der Waals surface area contributed by atoms with Gasteiger partial charge in [0.05, 0.1) is 11.3 Å². The summed E-state index contributed by atoms with van der Waals surface area (Å²) < 4.78 is 49.2. The molecule has 0 unspecified atom stereocenters. The van der Waals surface area contributed by atoms with Crippen molar-refractivity contribution in [2.24, 2.45) is 0 Å². The van der Waals surface area contributed by atoms with Gasteiger partial charge in [0.2, 0.25) is 0 Å². The molecule has 0 aliphatic rings. The lowest BCUT2D eigenvalue weighted by Crippen LogP contribution is -2.26. The molecular weight excluding hydrogens is 435 g/mol. The van der Waals surface area contributed by atoms with E-state index in [1.54, 1.807) is 45.2 Å². The molecule has 32 heavy (non-hydrogen) atoms. The number of halogens is 1. The van der Waals surface area contributed by atoms with Crippen molar-refractivity contribution in [1.29, 1.82) is 0 Å². The number of carbonyl (C=O) groups is 1. The first-order valence-electron chi connectivity index (χ1n) is 10.0. The number of fused-ring (bicyclic) bond motifs is 2. The Hall–Kier alpha value is -3.20. The van der Waals surface area contributed by atoms with Crippen LogP contribution in [0.3, 0.4) is 0 Å². The van der Waals surface area contributed by atoms with Crippen molar-refractivity contribution in [3.8, 4) is 11.1 Å². The summed E-state index contributed by atoms with van der Waals surface area (Å²) in [5, 5.41) is 0.678. The highest BCUT2D eigenvalue weighted by atomic mass is 32.2. The van der Waals surface area contributed by atoms with Crippen molar-refractivity contribution in [2.75, 3.05) is 12.0 Å². The smallest absolute Gasteiger partial charge is 0.419 e. The highest BCUT2D eigenvalue weighted by molar-refractivity contribution is 7.90. The van der Waals surface area contributed by atoms with E-state index in [1.807, 2.05) is 6.07 Å². The van der Waals surface area contributed by atoms with Gasteiger partial charge in [-0.2, -0.15) is 0 Å². The monoisotopic (exact) mass is 458 g/mol. The fraction of sp³-hybridized carbons (Fsp3) is 0.304. The van der Waals surface area contributed by atoms with Crippen molar-refractivity contribution in [1.82, 2.24) is 9.55 Å². The van der Waals surface area contributed by atoms with Gasteiger partial charge < -0.3 is 9.15 Å². The zero-order valence-corrected chi connectivity index (χ0v) is 19.0. The van der Waals surface area contributed by atoms with Crippen LogP contribution in [-0.4, -0.2) is 41.7 Å². The Morgan fingerprint density at radius 2 is 1.94 bits per heavy atom. The zero-order valence-electron chi connectivity index (χ0n) is 18.2. The maximum Gasteiger partial charge on any atom is 0.419 e. The number of nitrogens with zero attached hydrogens (tertiary/aromatic N) is 2. The molecule has 7 nitrogen and oxygen atoms in total. The largest absolute Gasteiger partial charge is 0.443 e. The summed E-state index contributed by atoms with van der Waals surface area (Å²) in [7, 11) is -3.13. The Morgan fingerprint density at radius 1 is 1.19 bits per heavy atom. The van der Waals surface area contributed by atoms with Crippen LogP contribution in [0.25, 0.3) is 33.1 Å². The topological polar surface area (TPSA) is 91.4 Å². The number of hydrogen-bond donors (Lipinski definition) is 0. The van der Waals surface area contributed by atoms with Gasteiger partial charge in [-0.3, -0.25) is 4.57 Å². The third-order valence-corrected chi connectivity index (χ3v) is 5.73. The van der Waals surface area contributed by atoms with E-state index in [0.29, 0.717) is 33.5 Å². The van der Waals surface area contributed by atoms with E-state index >= 15 is 0 Å². The van der Waals surface area contributed by atoms with Gasteiger partial charge in [0, 0.05) is 29.8 Å². The van der Waals surface area contributed by atoms with Crippen molar-refractivity contribution < 1.29 is 26.8 Å². The van der Waals surface area contributed by atoms with Crippen LogP contribution in [0, 0.1) is 5.82 Å². The Balaban J connectivity index is 1.78. The van der Waals surface area contributed by atoms with Crippen LogP contribution in [-0.2, 0) is 21.0 Å². The molecule has 4 aromatic rings. The van der Waals surface area contributed by atoms with Crippen molar-refractivity contribution in [3.63, 3.8) is 0 Å². The number of rotatable bonds is 4. The van der Waals surface area contributed by atoms with E-state index in [1.165, 1.54) is 16.7 Å². The number of benzene rings is 2. The minimum Gasteiger partial charge on any atom is -0.443 e. The highest BCUT2D eigenvalue weighted by Crippen LogP contribution is 2.33. The van der Waals surface area contributed by atoms with Gasteiger partial charge in [0.1, 0.15) is 26.8 Å². The Labute approximate surface area is 184 Å².